The van der Waals surface area contributed by atoms with Crippen molar-refractivity contribution in [1.82, 2.24) is 5.01 Å². The molecule has 2 aliphatic rings. The zero-order valence-corrected chi connectivity index (χ0v) is 10.8. The maximum atomic E-state index is 11.5. The Hall–Kier alpha value is -1.20. The largest absolute Gasteiger partial charge is 0.569 e. The van der Waals surface area contributed by atoms with Crippen LogP contribution in [0.1, 0.15) is 12.8 Å². The fourth-order valence-corrected chi connectivity index (χ4v) is 2.16. The molecule has 2 rings (SSSR count). The summed E-state index contributed by atoms with van der Waals surface area (Å²) in [6.45, 7) is 0.550. The molecule has 0 radical (unpaired) electrons. The molecular weight excluding hydrogens is 274 g/mol. The quantitative estimate of drug-likeness (QED) is 0.257. The average molecular weight is 293 g/mol. The van der Waals surface area contributed by atoms with Crippen molar-refractivity contribution in [1.29, 1.82) is 0 Å². The van der Waals surface area contributed by atoms with Gasteiger partial charge in [-0.25, -0.2) is 0 Å². The predicted octanol–water partition coefficient (Wildman–Crippen LogP) is -2.31. The van der Waals surface area contributed by atoms with Crippen LogP contribution in [-0.4, -0.2) is 80.8 Å². The van der Waals surface area contributed by atoms with E-state index in [1.807, 2.05) is 0 Å². The molecule has 20 heavy (non-hydrogen) atoms. The summed E-state index contributed by atoms with van der Waals surface area (Å²) in [7, 11) is 0. The molecule has 4 N–H and O–H groups in total. The summed E-state index contributed by atoms with van der Waals surface area (Å²) >= 11 is 0. The molecule has 2 saturated heterocycles. The van der Waals surface area contributed by atoms with Gasteiger partial charge < -0.3 is 35.2 Å². The lowest BCUT2D eigenvalue weighted by Crippen LogP contribution is -2.58. The Morgan fingerprint density at radius 2 is 1.85 bits per heavy atom. The Bertz CT molecular complexity index is 348. The number of aliphatic hydroxyl groups excluding tert-OH is 4. The normalized spacial score (nSPS) is 39.1. The van der Waals surface area contributed by atoms with Crippen molar-refractivity contribution in [2.45, 2.75) is 43.5 Å². The zero-order chi connectivity index (χ0) is 14.7. The van der Waals surface area contributed by atoms with Crippen molar-refractivity contribution >= 4 is 0 Å². The maximum Gasteiger partial charge on any atom is 0.262 e. The van der Waals surface area contributed by atoms with Gasteiger partial charge in [-0.2, -0.15) is 0 Å². The lowest BCUT2D eigenvalue weighted by atomic mass is 9.99. The van der Waals surface area contributed by atoms with E-state index >= 15 is 0 Å². The molecular formula is C10H19N3O7. The van der Waals surface area contributed by atoms with E-state index in [0.717, 1.165) is 12.8 Å². The second-order valence-electron chi connectivity index (χ2n) is 4.80. The molecule has 2 heterocycles. The van der Waals surface area contributed by atoms with Crippen molar-refractivity contribution in [2.75, 3.05) is 19.7 Å². The third-order valence-electron chi connectivity index (χ3n) is 3.39. The molecule has 0 unspecified atom stereocenters. The highest BCUT2D eigenvalue weighted by atomic mass is 16.8. The van der Waals surface area contributed by atoms with E-state index in [1.54, 1.807) is 0 Å². The monoisotopic (exact) mass is 293 g/mol. The highest BCUT2D eigenvalue weighted by Crippen LogP contribution is 2.22. The van der Waals surface area contributed by atoms with Gasteiger partial charge in [0.05, 0.1) is 24.7 Å². The van der Waals surface area contributed by atoms with Crippen LogP contribution in [0.15, 0.2) is 5.28 Å². The van der Waals surface area contributed by atoms with Gasteiger partial charge in [-0.15, -0.1) is 5.01 Å². The molecule has 2 fully saturated rings. The molecule has 10 heteroatoms. The standard InChI is InChI=1S/C10H19N3O7/c14-5-6-7(15)8(16)9(17)10(19-6)20-11-13(18)12-3-1-2-4-12/h6-10,14-17H,1-5H2/b13-11-/t6-,7-,8+,9+,10-/m1/s1. The maximum absolute atomic E-state index is 11.5. The summed E-state index contributed by atoms with van der Waals surface area (Å²) in [6, 6.07) is 0. The molecule has 0 bridgehead atoms. The number of aliphatic hydroxyl groups is 4. The minimum Gasteiger partial charge on any atom is -0.569 e. The summed E-state index contributed by atoms with van der Waals surface area (Å²) in [5.41, 5.74) is 0. The van der Waals surface area contributed by atoms with Gasteiger partial charge >= 0.3 is 0 Å². The van der Waals surface area contributed by atoms with E-state index in [2.05, 4.69) is 5.28 Å². The number of rotatable bonds is 4. The van der Waals surface area contributed by atoms with Crippen LogP contribution >= 0.6 is 0 Å². The highest BCUT2D eigenvalue weighted by Gasteiger charge is 2.45. The molecule has 0 aliphatic carbocycles. The molecule has 2 aliphatic heterocycles. The smallest absolute Gasteiger partial charge is 0.262 e. The van der Waals surface area contributed by atoms with Crippen molar-refractivity contribution in [3.8, 4) is 0 Å². The summed E-state index contributed by atoms with van der Waals surface area (Å²) in [4.78, 5) is 5.02. The summed E-state index contributed by atoms with van der Waals surface area (Å²) < 4.78 is 5.03. The van der Waals surface area contributed by atoms with Crippen molar-refractivity contribution < 1.29 is 35.0 Å². The van der Waals surface area contributed by atoms with Gasteiger partial charge in [0.25, 0.3) is 6.29 Å². The second kappa shape index (κ2) is 6.50. The van der Waals surface area contributed by atoms with Gasteiger partial charge in [0.2, 0.25) is 5.28 Å². The number of hydrogen-bond donors (Lipinski definition) is 4. The third-order valence-corrected chi connectivity index (χ3v) is 3.39. The van der Waals surface area contributed by atoms with Crippen LogP contribution in [0.5, 0.6) is 0 Å². The average Bonchev–Trinajstić information content (AvgIpc) is 2.98. The van der Waals surface area contributed by atoms with Crippen LogP contribution in [0.2, 0.25) is 0 Å². The topological polar surface area (TPSA) is 141 Å². The molecule has 116 valence electrons. The van der Waals surface area contributed by atoms with E-state index in [9.17, 15) is 20.5 Å². The van der Waals surface area contributed by atoms with Gasteiger partial charge in [0.15, 0.2) is 0 Å². The van der Waals surface area contributed by atoms with Crippen LogP contribution in [-0.2, 0) is 9.57 Å². The SMILES string of the molecule is [O-]/[N+](=N\O[C@H]1O[C@H](CO)[C@@H](O)[C@H](O)[C@@H]1O)N1CCCC1. The molecule has 10 nitrogen and oxygen atoms in total. The molecule has 0 aromatic rings. The molecule has 0 amide bonds. The Kier molecular flexibility index (Phi) is 4.94. The number of hydrogen-bond acceptors (Lipinski definition) is 8. The molecule has 0 saturated carbocycles. The van der Waals surface area contributed by atoms with Gasteiger partial charge in [-0.1, -0.05) is 0 Å². The van der Waals surface area contributed by atoms with Crippen LogP contribution in [0.25, 0.3) is 0 Å². The Balaban J connectivity index is 1.95. The third kappa shape index (κ3) is 3.10. The second-order valence-corrected chi connectivity index (χ2v) is 4.80. The van der Waals surface area contributed by atoms with Crippen LogP contribution < -0.4 is 0 Å². The first kappa shape index (κ1) is 15.2. The van der Waals surface area contributed by atoms with E-state index in [0.29, 0.717) is 13.1 Å². The van der Waals surface area contributed by atoms with Gasteiger partial charge in [-0.05, 0) is 12.8 Å². The lowest BCUT2D eigenvalue weighted by molar-refractivity contribution is -0.710. The summed E-state index contributed by atoms with van der Waals surface area (Å²) in [5.74, 6) is 0. The van der Waals surface area contributed by atoms with E-state index in [1.165, 1.54) is 5.01 Å². The van der Waals surface area contributed by atoms with Crippen LogP contribution in [0.4, 0.5) is 0 Å². The molecule has 5 atom stereocenters. The zero-order valence-electron chi connectivity index (χ0n) is 10.8. The van der Waals surface area contributed by atoms with Gasteiger partial charge in [-0.3, -0.25) is 0 Å². The molecule has 0 spiro atoms. The van der Waals surface area contributed by atoms with Crippen LogP contribution in [0, 0.1) is 5.21 Å². The minimum atomic E-state index is -1.58. The summed E-state index contributed by atoms with van der Waals surface area (Å²) in [5, 5.41) is 54.0. The van der Waals surface area contributed by atoms with Gasteiger partial charge in [0.1, 0.15) is 24.4 Å². The fourth-order valence-electron chi connectivity index (χ4n) is 2.16. The Morgan fingerprint density at radius 3 is 2.45 bits per heavy atom. The van der Waals surface area contributed by atoms with Crippen molar-refractivity contribution in [2.24, 2.45) is 5.28 Å². The predicted molar refractivity (Wildman–Crippen MR) is 61.7 cm³/mol. The highest BCUT2D eigenvalue weighted by molar-refractivity contribution is 4.88. The fraction of sp³-hybridized carbons (Fsp3) is 1.00. The Labute approximate surface area is 115 Å². The molecule has 0 aromatic heterocycles. The van der Waals surface area contributed by atoms with Crippen molar-refractivity contribution in [3.63, 3.8) is 0 Å². The van der Waals surface area contributed by atoms with Crippen molar-refractivity contribution in [3.05, 3.63) is 5.21 Å². The molecule has 0 aromatic carbocycles. The Morgan fingerprint density at radius 1 is 1.20 bits per heavy atom. The van der Waals surface area contributed by atoms with Gasteiger partial charge in [0, 0.05) is 0 Å². The lowest BCUT2D eigenvalue weighted by Gasteiger charge is -2.37. The van der Waals surface area contributed by atoms with Crippen LogP contribution in [0.3, 0.4) is 0 Å². The first-order chi connectivity index (χ1) is 9.54. The van der Waals surface area contributed by atoms with E-state index in [-0.39, 0.29) is 4.97 Å². The number of hydrazine groups is 1. The number of ether oxygens (including phenoxy) is 1. The summed E-state index contributed by atoms with van der Waals surface area (Å²) in [6.07, 6.45) is -5.39. The van der Waals surface area contributed by atoms with E-state index < -0.39 is 37.3 Å². The first-order valence-electron chi connectivity index (χ1n) is 6.44. The number of nitrogens with zero attached hydrogens (tertiary/aromatic N) is 3. The van der Waals surface area contributed by atoms with E-state index in [4.69, 9.17) is 14.7 Å². The minimum absolute atomic E-state index is 0.258. The first-order valence-corrected chi connectivity index (χ1v) is 6.44.